The van der Waals surface area contributed by atoms with Crippen LogP contribution in [0, 0.1) is 0 Å². The topological polar surface area (TPSA) is 92.7 Å². The lowest BCUT2D eigenvalue weighted by Gasteiger charge is -2.10. The minimum atomic E-state index is -3.88. The number of ether oxygens (including phenoxy) is 1. The van der Waals surface area contributed by atoms with Gasteiger partial charge in [-0.15, -0.1) is 0 Å². The van der Waals surface area contributed by atoms with Gasteiger partial charge >= 0.3 is 5.97 Å². The lowest BCUT2D eigenvalue weighted by Crippen LogP contribution is -2.14. The van der Waals surface area contributed by atoms with Crippen molar-refractivity contribution in [3.05, 3.63) is 52.5 Å². The number of aromatic carboxylic acids is 1. The molecule has 0 aromatic heterocycles. The van der Waals surface area contributed by atoms with E-state index < -0.39 is 16.0 Å². The zero-order valence-electron chi connectivity index (χ0n) is 11.4. The van der Waals surface area contributed by atoms with Crippen LogP contribution < -0.4 is 9.46 Å². The molecular weight excluding hydrogens is 374 g/mol. The van der Waals surface area contributed by atoms with E-state index in [-0.39, 0.29) is 10.5 Å². The minimum Gasteiger partial charge on any atom is -0.497 e. The maximum Gasteiger partial charge on any atom is 0.336 e. The van der Waals surface area contributed by atoms with Gasteiger partial charge in [0.15, 0.2) is 0 Å². The van der Waals surface area contributed by atoms with Crippen molar-refractivity contribution in [3.8, 4) is 5.75 Å². The Balaban J connectivity index is 2.33. The number of halogens is 1. The molecule has 22 heavy (non-hydrogen) atoms. The van der Waals surface area contributed by atoms with Crippen molar-refractivity contribution in [2.45, 2.75) is 4.90 Å². The summed E-state index contributed by atoms with van der Waals surface area (Å²) in [4.78, 5) is 10.9. The van der Waals surface area contributed by atoms with E-state index in [1.165, 1.54) is 19.2 Å². The maximum atomic E-state index is 12.3. The molecular formula is C14H12BrNO5S. The summed E-state index contributed by atoms with van der Waals surface area (Å²) in [6, 6.07) is 10.1. The SMILES string of the molecule is COc1ccc(NS(=O)(=O)c2ccc(Br)c(C(=O)O)c2)cc1. The number of carbonyl (C=O) groups is 1. The molecule has 2 rings (SSSR count). The quantitative estimate of drug-likeness (QED) is 0.824. The highest BCUT2D eigenvalue weighted by atomic mass is 79.9. The average Bonchev–Trinajstić information content (AvgIpc) is 2.47. The zero-order chi connectivity index (χ0) is 16.3. The van der Waals surface area contributed by atoms with Gasteiger partial charge in [0, 0.05) is 10.2 Å². The molecule has 0 aliphatic heterocycles. The van der Waals surface area contributed by atoms with Gasteiger partial charge in [-0.3, -0.25) is 4.72 Å². The molecule has 2 aromatic rings. The van der Waals surface area contributed by atoms with Crippen LogP contribution in [0.1, 0.15) is 10.4 Å². The third-order valence-corrected chi connectivity index (χ3v) is 4.89. The summed E-state index contributed by atoms with van der Waals surface area (Å²) in [7, 11) is -2.37. The van der Waals surface area contributed by atoms with Crippen LogP contribution >= 0.6 is 15.9 Å². The van der Waals surface area contributed by atoms with E-state index in [1.807, 2.05) is 0 Å². The number of nitrogens with one attached hydrogen (secondary N) is 1. The summed E-state index contributed by atoms with van der Waals surface area (Å²) in [6.07, 6.45) is 0. The number of carboxylic acid groups (broad SMARTS) is 1. The van der Waals surface area contributed by atoms with E-state index >= 15 is 0 Å². The second kappa shape index (κ2) is 6.37. The second-order valence-electron chi connectivity index (χ2n) is 4.28. The highest BCUT2D eigenvalue weighted by molar-refractivity contribution is 9.10. The van der Waals surface area contributed by atoms with Crippen molar-refractivity contribution >= 4 is 37.6 Å². The van der Waals surface area contributed by atoms with Crippen LogP contribution in [0.2, 0.25) is 0 Å². The van der Waals surface area contributed by atoms with Gasteiger partial charge in [0.25, 0.3) is 10.0 Å². The van der Waals surface area contributed by atoms with Crippen LogP contribution in [0.15, 0.2) is 51.8 Å². The van der Waals surface area contributed by atoms with Crippen molar-refractivity contribution in [1.29, 1.82) is 0 Å². The maximum absolute atomic E-state index is 12.3. The summed E-state index contributed by atoms with van der Waals surface area (Å²) in [5.74, 6) is -0.617. The largest absolute Gasteiger partial charge is 0.497 e. The predicted molar refractivity (Wildman–Crippen MR) is 84.9 cm³/mol. The minimum absolute atomic E-state index is 0.127. The number of methoxy groups -OCH3 is 1. The molecule has 0 aliphatic rings. The molecule has 8 heteroatoms. The summed E-state index contributed by atoms with van der Waals surface area (Å²) < 4.78 is 32.3. The smallest absolute Gasteiger partial charge is 0.336 e. The molecule has 0 spiro atoms. The molecule has 0 radical (unpaired) electrons. The monoisotopic (exact) mass is 385 g/mol. The number of hydrogen-bond acceptors (Lipinski definition) is 4. The van der Waals surface area contributed by atoms with Gasteiger partial charge in [-0.1, -0.05) is 0 Å². The normalized spacial score (nSPS) is 11.0. The summed E-state index contributed by atoms with van der Waals surface area (Å²) in [5.41, 5.74) is 0.221. The van der Waals surface area contributed by atoms with Crippen molar-refractivity contribution in [2.75, 3.05) is 11.8 Å². The fourth-order valence-corrected chi connectivity index (χ4v) is 3.21. The van der Waals surface area contributed by atoms with Crippen LogP contribution in [-0.2, 0) is 10.0 Å². The third kappa shape index (κ3) is 3.58. The Morgan fingerprint density at radius 3 is 2.36 bits per heavy atom. The van der Waals surface area contributed by atoms with Crippen LogP contribution in [0.25, 0.3) is 0 Å². The fraction of sp³-hybridized carbons (Fsp3) is 0.0714. The molecule has 0 bridgehead atoms. The van der Waals surface area contributed by atoms with Gasteiger partial charge in [-0.2, -0.15) is 0 Å². The van der Waals surface area contributed by atoms with Crippen LogP contribution in [0.4, 0.5) is 5.69 Å². The molecule has 2 N–H and O–H groups in total. The standard InChI is InChI=1S/C14H12BrNO5S/c1-21-10-4-2-9(3-5-10)16-22(19,20)11-6-7-13(15)12(8-11)14(17)18/h2-8,16H,1H3,(H,17,18). The molecule has 0 saturated heterocycles. The first kappa shape index (κ1) is 16.3. The number of carboxylic acids is 1. The van der Waals surface area contributed by atoms with Crippen LogP contribution in [-0.4, -0.2) is 26.6 Å². The second-order valence-corrected chi connectivity index (χ2v) is 6.82. The van der Waals surface area contributed by atoms with E-state index in [1.54, 1.807) is 24.3 Å². The van der Waals surface area contributed by atoms with Gasteiger partial charge in [0.05, 0.1) is 17.6 Å². The molecule has 0 saturated carbocycles. The molecule has 0 heterocycles. The Hall–Kier alpha value is -2.06. The highest BCUT2D eigenvalue weighted by Gasteiger charge is 2.18. The number of benzene rings is 2. The van der Waals surface area contributed by atoms with Crippen LogP contribution in [0.3, 0.4) is 0 Å². The molecule has 0 atom stereocenters. The predicted octanol–water partition coefficient (Wildman–Crippen LogP) is 2.96. The number of rotatable bonds is 5. The molecule has 0 unspecified atom stereocenters. The number of hydrogen-bond donors (Lipinski definition) is 2. The van der Waals surface area contributed by atoms with Crippen molar-refractivity contribution in [2.24, 2.45) is 0 Å². The molecule has 116 valence electrons. The lowest BCUT2D eigenvalue weighted by atomic mass is 10.2. The van der Waals surface area contributed by atoms with Gasteiger partial charge in [-0.25, -0.2) is 13.2 Å². The summed E-state index contributed by atoms with van der Waals surface area (Å²) >= 11 is 3.07. The van der Waals surface area contributed by atoms with Crippen molar-refractivity contribution < 1.29 is 23.1 Å². The summed E-state index contributed by atoms with van der Waals surface area (Å²) in [6.45, 7) is 0. The molecule has 0 amide bonds. The van der Waals surface area contributed by atoms with E-state index in [2.05, 4.69) is 20.7 Å². The average molecular weight is 386 g/mol. The van der Waals surface area contributed by atoms with E-state index in [0.29, 0.717) is 15.9 Å². The molecule has 6 nitrogen and oxygen atoms in total. The Kier molecular flexibility index (Phi) is 4.72. The van der Waals surface area contributed by atoms with Crippen molar-refractivity contribution in [3.63, 3.8) is 0 Å². The first-order chi connectivity index (χ1) is 10.3. The van der Waals surface area contributed by atoms with Gasteiger partial charge in [-0.05, 0) is 58.4 Å². The molecule has 0 aliphatic carbocycles. The molecule has 0 fully saturated rings. The third-order valence-electron chi connectivity index (χ3n) is 2.82. The highest BCUT2D eigenvalue weighted by Crippen LogP contribution is 2.23. The van der Waals surface area contributed by atoms with E-state index in [0.717, 1.165) is 6.07 Å². The van der Waals surface area contributed by atoms with Crippen LogP contribution in [0.5, 0.6) is 5.75 Å². The lowest BCUT2D eigenvalue weighted by molar-refractivity contribution is 0.0695. The first-order valence-corrected chi connectivity index (χ1v) is 8.31. The van der Waals surface area contributed by atoms with Gasteiger partial charge in [0.2, 0.25) is 0 Å². The zero-order valence-corrected chi connectivity index (χ0v) is 13.8. The van der Waals surface area contributed by atoms with Gasteiger partial charge in [0.1, 0.15) is 5.75 Å². The number of sulfonamides is 1. The Bertz CT molecular complexity index is 802. The Labute approximate surface area is 135 Å². The van der Waals surface area contributed by atoms with Crippen molar-refractivity contribution in [1.82, 2.24) is 0 Å². The first-order valence-electron chi connectivity index (χ1n) is 6.03. The van der Waals surface area contributed by atoms with E-state index in [9.17, 15) is 13.2 Å². The Morgan fingerprint density at radius 1 is 1.18 bits per heavy atom. The van der Waals surface area contributed by atoms with Gasteiger partial charge < -0.3 is 9.84 Å². The fourth-order valence-electron chi connectivity index (χ4n) is 1.71. The van der Waals surface area contributed by atoms with E-state index in [4.69, 9.17) is 9.84 Å². The number of anilines is 1. The molecule has 2 aromatic carbocycles. The Morgan fingerprint density at radius 2 is 1.82 bits per heavy atom. The summed E-state index contributed by atoms with van der Waals surface area (Å²) in [5, 5.41) is 9.04.